The molecule has 2 amide bonds. The van der Waals surface area contributed by atoms with Crippen LogP contribution in [0, 0.1) is 11.6 Å². The molecule has 40 heavy (non-hydrogen) atoms. The number of aromatic nitrogens is 5. The molecule has 6 rings (SSSR count). The van der Waals surface area contributed by atoms with Gasteiger partial charge < -0.3 is 5.73 Å². The van der Waals surface area contributed by atoms with Gasteiger partial charge in [0.15, 0.2) is 0 Å². The zero-order valence-corrected chi connectivity index (χ0v) is 22.1. The number of carbonyl (C=O) groups is 2. The van der Waals surface area contributed by atoms with Crippen LogP contribution in [0.3, 0.4) is 0 Å². The first kappa shape index (κ1) is 25.4. The number of pyridine rings is 1. The van der Waals surface area contributed by atoms with E-state index in [0.29, 0.717) is 44.8 Å². The highest BCUT2D eigenvalue weighted by Gasteiger charge is 2.27. The van der Waals surface area contributed by atoms with E-state index in [2.05, 4.69) is 15.2 Å². The summed E-state index contributed by atoms with van der Waals surface area (Å²) in [4.78, 5) is 30.5. The SMILES string of the molecule is CC(=O)N(C)N(Cc1c(F)cc(-c2cnn(C3CC3)c2)cc1F)C(=O)c1ccc2nc(N)c3cnn(C)c3c2c1. The van der Waals surface area contributed by atoms with E-state index in [9.17, 15) is 9.59 Å². The molecule has 3 heterocycles. The molecule has 0 aliphatic heterocycles. The molecule has 2 N–H and O–H groups in total. The van der Waals surface area contributed by atoms with Crippen LogP contribution in [0.2, 0.25) is 0 Å². The van der Waals surface area contributed by atoms with Crippen molar-refractivity contribution in [3.05, 3.63) is 71.7 Å². The lowest BCUT2D eigenvalue weighted by Crippen LogP contribution is -2.46. The van der Waals surface area contributed by atoms with Gasteiger partial charge in [0, 0.05) is 49.3 Å². The smallest absolute Gasteiger partial charge is 0.272 e. The van der Waals surface area contributed by atoms with Crippen LogP contribution in [-0.2, 0) is 18.4 Å². The summed E-state index contributed by atoms with van der Waals surface area (Å²) in [6.07, 6.45) is 7.00. The molecule has 0 spiro atoms. The molecule has 1 fully saturated rings. The van der Waals surface area contributed by atoms with Crippen molar-refractivity contribution >= 4 is 39.4 Å². The second-order valence-corrected chi connectivity index (χ2v) is 10.0. The van der Waals surface area contributed by atoms with E-state index in [-0.39, 0.29) is 11.1 Å². The highest BCUT2D eigenvalue weighted by atomic mass is 19.1. The number of nitrogens with two attached hydrogens (primary N) is 1. The van der Waals surface area contributed by atoms with Gasteiger partial charge in [0.25, 0.3) is 5.91 Å². The Kier molecular flexibility index (Phi) is 5.97. The Balaban J connectivity index is 1.37. The monoisotopic (exact) mass is 544 g/mol. The number of nitrogens with zero attached hydrogens (tertiary/aromatic N) is 7. The quantitative estimate of drug-likeness (QED) is 0.332. The highest BCUT2D eigenvalue weighted by Crippen LogP contribution is 2.36. The van der Waals surface area contributed by atoms with E-state index in [0.717, 1.165) is 22.9 Å². The molecule has 0 unspecified atom stereocenters. The van der Waals surface area contributed by atoms with Gasteiger partial charge >= 0.3 is 0 Å². The first-order valence-corrected chi connectivity index (χ1v) is 12.7. The Morgan fingerprint density at radius 2 is 1.77 bits per heavy atom. The molecule has 1 saturated carbocycles. The third-order valence-corrected chi connectivity index (χ3v) is 7.31. The van der Waals surface area contributed by atoms with Crippen molar-refractivity contribution < 1.29 is 18.4 Å². The van der Waals surface area contributed by atoms with Crippen molar-refractivity contribution in [1.29, 1.82) is 0 Å². The van der Waals surface area contributed by atoms with Crippen molar-refractivity contribution in [2.75, 3.05) is 12.8 Å². The Bertz CT molecular complexity index is 1800. The predicted octanol–water partition coefficient (Wildman–Crippen LogP) is 4.22. The highest BCUT2D eigenvalue weighted by molar-refractivity contribution is 6.10. The largest absolute Gasteiger partial charge is 0.383 e. The van der Waals surface area contributed by atoms with E-state index in [1.54, 1.807) is 47.1 Å². The van der Waals surface area contributed by atoms with E-state index in [1.807, 2.05) is 0 Å². The van der Waals surface area contributed by atoms with Crippen molar-refractivity contribution in [3.63, 3.8) is 0 Å². The minimum atomic E-state index is -0.835. The van der Waals surface area contributed by atoms with E-state index < -0.39 is 30.0 Å². The standard InChI is InChI=1S/C28H26F2N8O2/c1-15(39)36(3)38(14-22-23(29)9-17(10-24(22)30)18-11-33-37(13-18)19-5-6-19)28(40)16-4-7-25-20(8-16)26-21(27(31)34-25)12-32-35(26)2/h4,7-13,19H,5-6,14H2,1-3H3,(H2,31,34). The lowest BCUT2D eigenvalue weighted by atomic mass is 10.0. The number of benzene rings is 2. The number of hydrogen-bond acceptors (Lipinski definition) is 6. The Morgan fingerprint density at radius 3 is 2.45 bits per heavy atom. The molecule has 0 saturated heterocycles. The summed E-state index contributed by atoms with van der Waals surface area (Å²) in [7, 11) is 3.12. The minimum absolute atomic E-state index is 0.194. The lowest BCUT2D eigenvalue weighted by molar-refractivity contribution is -0.140. The van der Waals surface area contributed by atoms with Crippen LogP contribution in [0.15, 0.2) is 48.9 Å². The molecule has 12 heteroatoms. The summed E-state index contributed by atoms with van der Waals surface area (Å²) in [5.41, 5.74) is 8.09. The molecule has 1 aliphatic carbocycles. The minimum Gasteiger partial charge on any atom is -0.383 e. The molecule has 204 valence electrons. The summed E-state index contributed by atoms with van der Waals surface area (Å²) in [6.45, 7) is 0.757. The molecule has 1 aliphatic rings. The number of halogens is 2. The maximum atomic E-state index is 15.4. The van der Waals surface area contributed by atoms with Crippen LogP contribution in [0.1, 0.15) is 41.7 Å². The lowest BCUT2D eigenvalue weighted by Gasteiger charge is -2.31. The van der Waals surface area contributed by atoms with Crippen molar-refractivity contribution in [1.82, 2.24) is 34.6 Å². The topological polar surface area (TPSA) is 115 Å². The molecule has 2 aromatic carbocycles. The molecule has 3 aromatic heterocycles. The Labute approximate surface area is 227 Å². The molecule has 0 bridgehead atoms. The predicted molar refractivity (Wildman–Crippen MR) is 145 cm³/mol. The molecule has 0 atom stereocenters. The second kappa shape index (κ2) is 9.40. The van der Waals surface area contributed by atoms with Gasteiger partial charge in [-0.3, -0.25) is 24.0 Å². The van der Waals surface area contributed by atoms with Crippen LogP contribution >= 0.6 is 0 Å². The Hall–Kier alpha value is -4.87. The summed E-state index contributed by atoms with van der Waals surface area (Å²) in [5, 5.41) is 11.8. The van der Waals surface area contributed by atoms with E-state index in [1.165, 1.54) is 32.2 Å². The summed E-state index contributed by atoms with van der Waals surface area (Å²) in [5.74, 6) is -2.47. The van der Waals surface area contributed by atoms with E-state index >= 15 is 8.78 Å². The summed E-state index contributed by atoms with van der Waals surface area (Å²) < 4.78 is 34.1. The molecule has 10 nitrogen and oxygen atoms in total. The summed E-state index contributed by atoms with van der Waals surface area (Å²) in [6, 6.07) is 7.55. The van der Waals surface area contributed by atoms with Crippen LogP contribution in [0.4, 0.5) is 14.6 Å². The number of carbonyl (C=O) groups excluding carboxylic acids is 2. The fraction of sp³-hybridized carbons (Fsp3) is 0.250. The van der Waals surface area contributed by atoms with Gasteiger partial charge in [-0.25, -0.2) is 18.8 Å². The molecule has 5 aromatic rings. The van der Waals surface area contributed by atoms with Crippen molar-refractivity contribution in [2.24, 2.45) is 7.05 Å². The fourth-order valence-electron chi connectivity index (χ4n) is 4.82. The number of hydrogen-bond donors (Lipinski definition) is 1. The number of rotatable bonds is 5. The van der Waals surface area contributed by atoms with Gasteiger partial charge in [-0.15, -0.1) is 0 Å². The maximum absolute atomic E-state index is 15.4. The third kappa shape index (κ3) is 4.31. The first-order valence-electron chi connectivity index (χ1n) is 12.7. The fourth-order valence-corrected chi connectivity index (χ4v) is 4.82. The summed E-state index contributed by atoms with van der Waals surface area (Å²) >= 11 is 0. The van der Waals surface area contributed by atoms with Crippen LogP contribution < -0.4 is 5.73 Å². The number of amides is 2. The van der Waals surface area contributed by atoms with Gasteiger partial charge in [-0.05, 0) is 48.7 Å². The number of anilines is 1. The zero-order chi connectivity index (χ0) is 28.3. The zero-order valence-electron chi connectivity index (χ0n) is 22.1. The molecular weight excluding hydrogens is 518 g/mol. The first-order chi connectivity index (χ1) is 19.1. The van der Waals surface area contributed by atoms with Gasteiger partial charge in [0.05, 0.1) is 41.4 Å². The third-order valence-electron chi connectivity index (χ3n) is 7.31. The average molecular weight is 545 g/mol. The van der Waals surface area contributed by atoms with E-state index in [4.69, 9.17) is 5.73 Å². The molecule has 0 radical (unpaired) electrons. The van der Waals surface area contributed by atoms with Crippen LogP contribution in [-0.4, -0.2) is 53.4 Å². The van der Waals surface area contributed by atoms with Gasteiger partial charge in [-0.2, -0.15) is 10.2 Å². The number of aryl methyl sites for hydroxylation is 1. The number of nitrogen functional groups attached to an aromatic ring is 1. The van der Waals surface area contributed by atoms with Gasteiger partial charge in [0.2, 0.25) is 5.91 Å². The van der Waals surface area contributed by atoms with Crippen molar-refractivity contribution in [3.8, 4) is 11.1 Å². The molecular formula is C28H26F2N8O2. The normalized spacial score (nSPS) is 13.2. The number of fused-ring (bicyclic) bond motifs is 3. The van der Waals surface area contributed by atoms with Gasteiger partial charge in [0.1, 0.15) is 17.5 Å². The Morgan fingerprint density at radius 1 is 1.05 bits per heavy atom. The van der Waals surface area contributed by atoms with Crippen LogP contribution in [0.5, 0.6) is 0 Å². The van der Waals surface area contributed by atoms with Crippen molar-refractivity contribution in [2.45, 2.75) is 32.4 Å². The van der Waals surface area contributed by atoms with Crippen LogP contribution in [0.25, 0.3) is 32.9 Å². The number of hydrazine groups is 1. The second-order valence-electron chi connectivity index (χ2n) is 10.0. The van der Waals surface area contributed by atoms with Gasteiger partial charge in [-0.1, -0.05) is 0 Å². The average Bonchev–Trinajstić information content (AvgIpc) is 3.51. The maximum Gasteiger partial charge on any atom is 0.272 e.